The average Bonchev–Trinajstić information content (AvgIpc) is 2.85. The van der Waals surface area contributed by atoms with Crippen LogP contribution in [-0.4, -0.2) is 11.0 Å². The summed E-state index contributed by atoms with van der Waals surface area (Å²) in [6.07, 6.45) is 6.85. The van der Waals surface area contributed by atoms with Gasteiger partial charge >= 0.3 is 0 Å². The minimum Gasteiger partial charge on any atom is -0.308 e. The molecule has 0 saturated heterocycles. The van der Waals surface area contributed by atoms with E-state index in [0.29, 0.717) is 0 Å². The van der Waals surface area contributed by atoms with Crippen LogP contribution < -0.4 is 5.32 Å². The number of nitrogens with zero attached hydrogens (tertiary/aromatic N) is 1. The Kier molecular flexibility index (Phi) is 2.30. The highest BCUT2D eigenvalue weighted by Crippen LogP contribution is 2.40. The van der Waals surface area contributed by atoms with Crippen molar-refractivity contribution in [2.45, 2.75) is 50.6 Å². The van der Waals surface area contributed by atoms with Crippen molar-refractivity contribution in [3.8, 4) is 0 Å². The molecule has 2 aliphatic carbocycles. The zero-order valence-corrected chi connectivity index (χ0v) is 9.15. The smallest absolute Gasteiger partial charge is 0.107 e. The summed E-state index contributed by atoms with van der Waals surface area (Å²) in [4.78, 5) is 4.66. The largest absolute Gasteiger partial charge is 0.308 e. The molecule has 2 fully saturated rings. The summed E-state index contributed by atoms with van der Waals surface area (Å²) in [5.74, 6) is 0.809. The van der Waals surface area contributed by atoms with Crippen molar-refractivity contribution in [3.63, 3.8) is 0 Å². The highest BCUT2D eigenvalue weighted by atomic mass is 32.1. The molecule has 3 heteroatoms. The third-order valence-corrected chi connectivity index (χ3v) is 4.08. The summed E-state index contributed by atoms with van der Waals surface area (Å²) in [7, 11) is 0. The second kappa shape index (κ2) is 3.63. The summed E-state index contributed by atoms with van der Waals surface area (Å²) in [6, 6.07) is 0.781. The molecule has 0 bridgehead atoms. The molecule has 2 aliphatic rings. The van der Waals surface area contributed by atoms with E-state index < -0.39 is 0 Å². The first kappa shape index (κ1) is 8.86. The second-order valence-electron chi connectivity index (χ2n) is 4.45. The van der Waals surface area contributed by atoms with Gasteiger partial charge in [-0.25, -0.2) is 4.98 Å². The van der Waals surface area contributed by atoms with Crippen molar-refractivity contribution < 1.29 is 0 Å². The van der Waals surface area contributed by atoms with Crippen molar-refractivity contribution in [3.05, 3.63) is 16.1 Å². The van der Waals surface area contributed by atoms with Crippen LogP contribution >= 0.6 is 11.3 Å². The summed E-state index contributed by atoms with van der Waals surface area (Å²) in [6.45, 7) is 0.988. The Morgan fingerprint density at radius 2 is 2.21 bits per heavy atom. The summed E-state index contributed by atoms with van der Waals surface area (Å²) >= 11 is 1.82. The molecule has 0 radical (unpaired) electrons. The SMILES string of the molecule is c1sc(CNC2CCC2)nc1C1CC1. The molecule has 14 heavy (non-hydrogen) atoms. The van der Waals surface area contributed by atoms with Crippen molar-refractivity contribution in [2.75, 3.05) is 0 Å². The molecular formula is C11H16N2S. The normalized spacial score (nSPS) is 22.3. The van der Waals surface area contributed by atoms with Crippen LogP contribution in [0.1, 0.15) is 48.7 Å². The van der Waals surface area contributed by atoms with Gasteiger partial charge in [0.05, 0.1) is 5.69 Å². The molecule has 0 aliphatic heterocycles. The molecule has 1 heterocycles. The molecule has 0 amide bonds. The first-order chi connectivity index (χ1) is 6.92. The fraction of sp³-hybridized carbons (Fsp3) is 0.727. The number of nitrogens with one attached hydrogen (secondary N) is 1. The van der Waals surface area contributed by atoms with Gasteiger partial charge in [-0.1, -0.05) is 6.42 Å². The Labute approximate surface area is 88.7 Å². The van der Waals surface area contributed by atoms with Gasteiger partial charge in [-0.2, -0.15) is 0 Å². The lowest BCUT2D eigenvalue weighted by Crippen LogP contribution is -2.34. The van der Waals surface area contributed by atoms with Crippen molar-refractivity contribution >= 4 is 11.3 Å². The number of aromatic nitrogens is 1. The van der Waals surface area contributed by atoms with E-state index in [4.69, 9.17) is 0 Å². The highest BCUT2D eigenvalue weighted by molar-refractivity contribution is 7.09. The first-order valence-corrected chi connectivity index (χ1v) is 6.47. The predicted molar refractivity (Wildman–Crippen MR) is 58.6 cm³/mol. The number of thiazole rings is 1. The van der Waals surface area contributed by atoms with Crippen LogP contribution in [0.3, 0.4) is 0 Å². The quantitative estimate of drug-likeness (QED) is 0.823. The zero-order chi connectivity index (χ0) is 9.38. The predicted octanol–water partition coefficient (Wildman–Crippen LogP) is 2.66. The number of rotatable bonds is 4. The number of hydrogen-bond acceptors (Lipinski definition) is 3. The van der Waals surface area contributed by atoms with E-state index in [1.165, 1.54) is 42.8 Å². The van der Waals surface area contributed by atoms with E-state index in [-0.39, 0.29) is 0 Å². The molecule has 0 unspecified atom stereocenters. The van der Waals surface area contributed by atoms with Gasteiger partial charge in [0.1, 0.15) is 5.01 Å². The fourth-order valence-electron chi connectivity index (χ4n) is 1.82. The van der Waals surface area contributed by atoms with E-state index in [9.17, 15) is 0 Å². The minimum atomic E-state index is 0.781. The Balaban J connectivity index is 1.54. The molecule has 0 aromatic carbocycles. The molecule has 3 rings (SSSR count). The standard InChI is InChI=1S/C11H16N2S/c1-2-9(3-1)12-6-11-13-10(7-14-11)8-4-5-8/h7-9,12H,1-6H2. The minimum absolute atomic E-state index is 0.781. The Hall–Kier alpha value is -0.410. The van der Waals surface area contributed by atoms with E-state index in [1.54, 1.807) is 0 Å². The van der Waals surface area contributed by atoms with Crippen LogP contribution in [-0.2, 0) is 6.54 Å². The van der Waals surface area contributed by atoms with Crippen LogP contribution in [0, 0.1) is 0 Å². The Morgan fingerprint density at radius 3 is 2.86 bits per heavy atom. The molecule has 0 spiro atoms. The maximum Gasteiger partial charge on any atom is 0.107 e. The lowest BCUT2D eigenvalue weighted by molar-refractivity contribution is 0.338. The van der Waals surface area contributed by atoms with Crippen molar-refractivity contribution in [1.29, 1.82) is 0 Å². The molecule has 1 aromatic heterocycles. The van der Waals surface area contributed by atoms with E-state index >= 15 is 0 Å². The molecule has 1 N–H and O–H groups in total. The van der Waals surface area contributed by atoms with Crippen LogP contribution in [0.15, 0.2) is 5.38 Å². The van der Waals surface area contributed by atoms with Gasteiger partial charge in [-0.3, -0.25) is 0 Å². The maximum atomic E-state index is 4.66. The monoisotopic (exact) mass is 208 g/mol. The van der Waals surface area contributed by atoms with Gasteiger partial charge in [-0.15, -0.1) is 11.3 Å². The second-order valence-corrected chi connectivity index (χ2v) is 5.39. The van der Waals surface area contributed by atoms with Gasteiger partial charge < -0.3 is 5.32 Å². The Bertz CT molecular complexity index is 313. The maximum absolute atomic E-state index is 4.66. The van der Waals surface area contributed by atoms with E-state index in [0.717, 1.165) is 18.5 Å². The molecule has 76 valence electrons. The summed E-state index contributed by atoms with van der Waals surface area (Å²) in [5, 5.41) is 7.08. The van der Waals surface area contributed by atoms with Crippen molar-refractivity contribution in [2.24, 2.45) is 0 Å². The van der Waals surface area contributed by atoms with Crippen LogP contribution in [0.2, 0.25) is 0 Å². The highest BCUT2D eigenvalue weighted by Gasteiger charge is 2.26. The molecule has 2 nitrogen and oxygen atoms in total. The van der Waals surface area contributed by atoms with Crippen LogP contribution in [0.25, 0.3) is 0 Å². The zero-order valence-electron chi connectivity index (χ0n) is 8.33. The lowest BCUT2D eigenvalue weighted by atomic mass is 9.93. The van der Waals surface area contributed by atoms with Gasteiger partial charge in [0.2, 0.25) is 0 Å². The summed E-state index contributed by atoms with van der Waals surface area (Å²) < 4.78 is 0. The van der Waals surface area contributed by atoms with E-state index in [1.807, 2.05) is 11.3 Å². The molecule has 1 aromatic rings. The van der Waals surface area contributed by atoms with E-state index in [2.05, 4.69) is 15.7 Å². The fourth-order valence-corrected chi connectivity index (χ4v) is 2.64. The third kappa shape index (κ3) is 1.84. The van der Waals surface area contributed by atoms with Gasteiger partial charge in [0.15, 0.2) is 0 Å². The van der Waals surface area contributed by atoms with Crippen LogP contribution in [0.4, 0.5) is 0 Å². The molecular weight excluding hydrogens is 192 g/mol. The van der Waals surface area contributed by atoms with Gasteiger partial charge in [0, 0.05) is 23.9 Å². The Morgan fingerprint density at radius 1 is 1.36 bits per heavy atom. The first-order valence-electron chi connectivity index (χ1n) is 5.59. The van der Waals surface area contributed by atoms with Crippen molar-refractivity contribution in [1.82, 2.24) is 10.3 Å². The van der Waals surface area contributed by atoms with Crippen LogP contribution in [0.5, 0.6) is 0 Å². The van der Waals surface area contributed by atoms with Gasteiger partial charge in [0.25, 0.3) is 0 Å². The van der Waals surface area contributed by atoms with Gasteiger partial charge in [-0.05, 0) is 25.7 Å². The lowest BCUT2D eigenvalue weighted by Gasteiger charge is -2.25. The molecule has 0 atom stereocenters. The number of hydrogen-bond donors (Lipinski definition) is 1. The topological polar surface area (TPSA) is 24.9 Å². The molecule has 2 saturated carbocycles. The summed E-state index contributed by atoms with van der Waals surface area (Å²) in [5.41, 5.74) is 1.35. The third-order valence-electron chi connectivity index (χ3n) is 3.21. The average molecular weight is 208 g/mol.